The standard InChI is InChI=1S/C21H22FN3O2/c22-15-5-3-7-17(13-15)25-12-10-21(20(25)27)9-4-6-16(14-21)24-19(26)18-8-1-2-11-23-18/h1-3,5,7-8,11,13,16H,4,6,9-10,12,14H2,(H,24,26)/t16-,21+/m1/s1. The van der Waals surface area contributed by atoms with Crippen molar-refractivity contribution in [3.8, 4) is 0 Å². The fraction of sp³-hybridized carbons (Fsp3) is 0.381. The maximum Gasteiger partial charge on any atom is 0.270 e. The second-order valence-electron chi connectivity index (χ2n) is 7.45. The van der Waals surface area contributed by atoms with Crippen molar-refractivity contribution in [2.45, 2.75) is 38.1 Å². The SMILES string of the molecule is O=C(N[C@@H]1CCC[C@]2(CCN(c3cccc(F)c3)C2=O)C1)c1ccccn1. The van der Waals surface area contributed by atoms with Gasteiger partial charge in [0.05, 0.1) is 5.41 Å². The number of nitrogens with zero attached hydrogens (tertiary/aromatic N) is 2. The Balaban J connectivity index is 1.47. The van der Waals surface area contributed by atoms with Crippen LogP contribution in [0.5, 0.6) is 0 Å². The minimum absolute atomic E-state index is 0.0462. The van der Waals surface area contributed by atoms with Gasteiger partial charge in [-0.15, -0.1) is 0 Å². The van der Waals surface area contributed by atoms with Crippen molar-refractivity contribution in [1.82, 2.24) is 10.3 Å². The van der Waals surface area contributed by atoms with Gasteiger partial charge in [-0.05, 0) is 56.0 Å². The van der Waals surface area contributed by atoms with Gasteiger partial charge in [0.2, 0.25) is 5.91 Å². The molecule has 2 heterocycles. The monoisotopic (exact) mass is 367 g/mol. The highest BCUT2D eigenvalue weighted by Crippen LogP contribution is 2.46. The number of hydrogen-bond acceptors (Lipinski definition) is 3. The number of carbonyl (C=O) groups is 2. The Morgan fingerprint density at radius 3 is 2.89 bits per heavy atom. The van der Waals surface area contributed by atoms with Crippen LogP contribution in [-0.4, -0.2) is 29.4 Å². The molecule has 1 saturated carbocycles. The third-order valence-corrected chi connectivity index (χ3v) is 5.71. The zero-order chi connectivity index (χ0) is 18.9. The number of anilines is 1. The third-order valence-electron chi connectivity index (χ3n) is 5.71. The Bertz CT molecular complexity index is 858. The maximum atomic E-state index is 13.6. The molecule has 1 aliphatic carbocycles. The van der Waals surface area contributed by atoms with Crippen molar-refractivity contribution >= 4 is 17.5 Å². The molecule has 1 aromatic carbocycles. The molecule has 1 aliphatic heterocycles. The van der Waals surface area contributed by atoms with E-state index in [1.165, 1.54) is 12.1 Å². The van der Waals surface area contributed by atoms with Gasteiger partial charge in [-0.3, -0.25) is 14.6 Å². The highest BCUT2D eigenvalue weighted by Gasteiger charge is 2.49. The Morgan fingerprint density at radius 2 is 2.11 bits per heavy atom. The van der Waals surface area contributed by atoms with Gasteiger partial charge in [-0.2, -0.15) is 0 Å². The van der Waals surface area contributed by atoms with E-state index in [4.69, 9.17) is 0 Å². The van der Waals surface area contributed by atoms with Gasteiger partial charge in [0.1, 0.15) is 11.5 Å². The molecule has 1 aromatic heterocycles. The van der Waals surface area contributed by atoms with E-state index in [1.54, 1.807) is 41.4 Å². The first-order chi connectivity index (χ1) is 13.1. The van der Waals surface area contributed by atoms with E-state index < -0.39 is 5.41 Å². The van der Waals surface area contributed by atoms with Crippen molar-refractivity contribution in [2.75, 3.05) is 11.4 Å². The minimum Gasteiger partial charge on any atom is -0.348 e. The van der Waals surface area contributed by atoms with Gasteiger partial charge < -0.3 is 10.2 Å². The lowest BCUT2D eigenvalue weighted by molar-refractivity contribution is -0.127. The summed E-state index contributed by atoms with van der Waals surface area (Å²) in [6.07, 6.45) is 5.50. The Hall–Kier alpha value is -2.76. The van der Waals surface area contributed by atoms with Crippen LogP contribution in [-0.2, 0) is 4.79 Å². The minimum atomic E-state index is -0.466. The van der Waals surface area contributed by atoms with E-state index in [-0.39, 0.29) is 23.7 Å². The number of halogens is 1. The van der Waals surface area contributed by atoms with E-state index >= 15 is 0 Å². The Morgan fingerprint density at radius 1 is 1.22 bits per heavy atom. The Labute approximate surface area is 157 Å². The van der Waals surface area contributed by atoms with Crippen LogP contribution in [0.1, 0.15) is 42.6 Å². The molecule has 1 saturated heterocycles. The fourth-order valence-electron chi connectivity index (χ4n) is 4.37. The number of pyridine rings is 1. The van der Waals surface area contributed by atoms with Crippen LogP contribution in [0.4, 0.5) is 10.1 Å². The fourth-order valence-corrected chi connectivity index (χ4v) is 4.37. The molecule has 0 unspecified atom stereocenters. The molecule has 0 bridgehead atoms. The largest absolute Gasteiger partial charge is 0.348 e. The predicted molar refractivity (Wildman–Crippen MR) is 99.8 cm³/mol. The average molecular weight is 367 g/mol. The van der Waals surface area contributed by atoms with E-state index in [1.807, 2.05) is 0 Å². The second kappa shape index (κ2) is 7.10. The first kappa shape index (κ1) is 17.6. The molecule has 2 atom stereocenters. The van der Waals surface area contributed by atoms with Crippen LogP contribution in [0.2, 0.25) is 0 Å². The van der Waals surface area contributed by atoms with Gasteiger partial charge >= 0.3 is 0 Å². The van der Waals surface area contributed by atoms with Gasteiger partial charge in [0, 0.05) is 24.5 Å². The first-order valence-electron chi connectivity index (χ1n) is 9.37. The number of rotatable bonds is 3. The average Bonchev–Trinajstić information content (AvgIpc) is 2.98. The lowest BCUT2D eigenvalue weighted by Crippen LogP contribution is -2.46. The van der Waals surface area contributed by atoms with Crippen molar-refractivity contribution in [2.24, 2.45) is 5.41 Å². The van der Waals surface area contributed by atoms with Crippen molar-refractivity contribution in [1.29, 1.82) is 0 Å². The van der Waals surface area contributed by atoms with Crippen molar-refractivity contribution in [3.63, 3.8) is 0 Å². The number of hydrogen-bond donors (Lipinski definition) is 1. The summed E-state index contributed by atoms with van der Waals surface area (Å²) >= 11 is 0. The normalized spacial score (nSPS) is 25.0. The van der Waals surface area contributed by atoms with Gasteiger partial charge in [-0.25, -0.2) is 4.39 Å². The summed E-state index contributed by atoms with van der Waals surface area (Å²) in [6.45, 7) is 0.587. The van der Waals surface area contributed by atoms with Crippen LogP contribution in [0, 0.1) is 11.2 Å². The first-order valence-corrected chi connectivity index (χ1v) is 9.37. The molecule has 2 aliphatic rings. The van der Waals surface area contributed by atoms with Crippen LogP contribution >= 0.6 is 0 Å². The van der Waals surface area contributed by atoms with Gasteiger partial charge in [0.15, 0.2) is 0 Å². The quantitative estimate of drug-likeness (QED) is 0.905. The highest BCUT2D eigenvalue weighted by atomic mass is 19.1. The molecular weight excluding hydrogens is 345 g/mol. The summed E-state index contributed by atoms with van der Waals surface area (Å²) in [6, 6.07) is 11.4. The van der Waals surface area contributed by atoms with Crippen LogP contribution in [0.25, 0.3) is 0 Å². The van der Waals surface area contributed by atoms with E-state index in [0.29, 0.717) is 24.3 Å². The summed E-state index contributed by atoms with van der Waals surface area (Å²) in [7, 11) is 0. The smallest absolute Gasteiger partial charge is 0.270 e. The number of carbonyl (C=O) groups excluding carboxylic acids is 2. The molecule has 0 radical (unpaired) electrons. The highest BCUT2D eigenvalue weighted by molar-refractivity contribution is 6.00. The van der Waals surface area contributed by atoms with Crippen LogP contribution in [0.15, 0.2) is 48.7 Å². The van der Waals surface area contributed by atoms with E-state index in [2.05, 4.69) is 10.3 Å². The summed E-state index contributed by atoms with van der Waals surface area (Å²) in [4.78, 5) is 31.4. The molecule has 6 heteroatoms. The number of nitrogens with one attached hydrogen (secondary N) is 1. The molecular formula is C21H22FN3O2. The molecule has 4 rings (SSSR count). The molecule has 2 amide bonds. The molecule has 5 nitrogen and oxygen atoms in total. The summed E-state index contributed by atoms with van der Waals surface area (Å²) in [5, 5.41) is 3.04. The molecule has 2 fully saturated rings. The summed E-state index contributed by atoms with van der Waals surface area (Å²) in [5.41, 5.74) is 0.528. The van der Waals surface area contributed by atoms with Gasteiger partial charge in [0.25, 0.3) is 5.91 Å². The molecule has 27 heavy (non-hydrogen) atoms. The van der Waals surface area contributed by atoms with Crippen molar-refractivity contribution in [3.05, 3.63) is 60.2 Å². The molecule has 1 N–H and O–H groups in total. The van der Waals surface area contributed by atoms with E-state index in [9.17, 15) is 14.0 Å². The third kappa shape index (κ3) is 3.44. The molecule has 1 spiro atoms. The molecule has 2 aromatic rings. The van der Waals surface area contributed by atoms with E-state index in [0.717, 1.165) is 25.7 Å². The number of aromatic nitrogens is 1. The van der Waals surface area contributed by atoms with Crippen LogP contribution in [0.3, 0.4) is 0 Å². The topological polar surface area (TPSA) is 62.3 Å². The zero-order valence-corrected chi connectivity index (χ0v) is 15.0. The van der Waals surface area contributed by atoms with Crippen LogP contribution < -0.4 is 10.2 Å². The van der Waals surface area contributed by atoms with Crippen molar-refractivity contribution < 1.29 is 14.0 Å². The summed E-state index contributed by atoms with van der Waals surface area (Å²) < 4.78 is 13.6. The lowest BCUT2D eigenvalue weighted by atomic mass is 9.71. The lowest BCUT2D eigenvalue weighted by Gasteiger charge is -2.36. The maximum absolute atomic E-state index is 13.6. The number of amides is 2. The Kier molecular flexibility index (Phi) is 4.64. The van der Waals surface area contributed by atoms with Gasteiger partial charge in [-0.1, -0.05) is 18.6 Å². The predicted octanol–water partition coefficient (Wildman–Crippen LogP) is 3.32. The molecule has 140 valence electrons. The number of benzene rings is 1. The second-order valence-corrected chi connectivity index (χ2v) is 7.45. The zero-order valence-electron chi connectivity index (χ0n) is 15.0. The summed E-state index contributed by atoms with van der Waals surface area (Å²) in [5.74, 6) is -0.500.